The minimum atomic E-state index is -0.692. The molecule has 156 valence electrons. The summed E-state index contributed by atoms with van der Waals surface area (Å²) in [6.07, 6.45) is 14.0. The lowest BCUT2D eigenvalue weighted by molar-refractivity contribution is -0.137. The average Bonchev–Trinajstić information content (AvgIpc) is 2.70. The molecule has 1 amide bonds. The van der Waals surface area contributed by atoms with Gasteiger partial charge in [-0.15, -0.1) is 0 Å². The lowest BCUT2D eigenvalue weighted by Gasteiger charge is -2.06. The fraction of sp³-hybridized carbons (Fsp3) is 0.609. The van der Waals surface area contributed by atoms with Gasteiger partial charge in [0.25, 0.3) is 0 Å². The minimum absolute atomic E-state index is 0.0855. The number of benzene rings is 1. The number of carbonyl (C=O) groups is 3. The second-order valence-electron chi connectivity index (χ2n) is 7.42. The molecule has 0 saturated carbocycles. The van der Waals surface area contributed by atoms with Crippen LogP contribution >= 0.6 is 0 Å². The second kappa shape index (κ2) is 15.8. The number of hydrogen-bond acceptors (Lipinski definition) is 3. The molecule has 2 N–H and O–H groups in total. The lowest BCUT2D eigenvalue weighted by atomic mass is 10.0. The third-order valence-electron chi connectivity index (χ3n) is 4.90. The Morgan fingerprint density at radius 1 is 0.750 bits per heavy atom. The number of carboxylic acids is 1. The summed E-state index contributed by atoms with van der Waals surface area (Å²) >= 11 is 0. The summed E-state index contributed by atoms with van der Waals surface area (Å²) in [5, 5.41) is 11.5. The monoisotopic (exact) mass is 389 g/mol. The summed E-state index contributed by atoms with van der Waals surface area (Å²) in [6, 6.07) is 7.24. The van der Waals surface area contributed by atoms with Crippen LogP contribution in [0.15, 0.2) is 24.3 Å². The molecule has 0 bridgehead atoms. The zero-order valence-corrected chi connectivity index (χ0v) is 17.0. The van der Waals surface area contributed by atoms with Crippen LogP contribution in [0.1, 0.15) is 99.4 Å². The van der Waals surface area contributed by atoms with Gasteiger partial charge in [0, 0.05) is 24.9 Å². The predicted octanol–water partition coefficient (Wildman–Crippen LogP) is 5.27. The second-order valence-corrected chi connectivity index (χ2v) is 7.42. The molecule has 1 rings (SSSR count). The van der Waals surface area contributed by atoms with Gasteiger partial charge in [-0.25, -0.2) is 0 Å². The Labute approximate surface area is 168 Å². The normalized spacial score (nSPS) is 10.6. The summed E-state index contributed by atoms with van der Waals surface area (Å²) in [6.45, 7) is 0.508. The van der Waals surface area contributed by atoms with Gasteiger partial charge in [-0.2, -0.15) is 0 Å². The van der Waals surface area contributed by atoms with Gasteiger partial charge >= 0.3 is 5.97 Å². The van der Waals surface area contributed by atoms with Crippen LogP contribution in [0, 0.1) is 0 Å². The van der Waals surface area contributed by atoms with E-state index in [1.54, 1.807) is 12.1 Å². The van der Waals surface area contributed by atoms with E-state index in [1.807, 2.05) is 12.1 Å². The zero-order valence-electron chi connectivity index (χ0n) is 17.0. The first-order chi connectivity index (χ1) is 13.6. The minimum Gasteiger partial charge on any atom is -0.481 e. The van der Waals surface area contributed by atoms with E-state index < -0.39 is 5.97 Å². The third kappa shape index (κ3) is 13.1. The molecule has 0 aliphatic rings. The van der Waals surface area contributed by atoms with Crippen molar-refractivity contribution in [3.63, 3.8) is 0 Å². The molecule has 1 aromatic rings. The molecule has 1 aromatic carbocycles. The number of rotatable bonds is 17. The smallest absolute Gasteiger partial charge is 0.303 e. The fourth-order valence-corrected chi connectivity index (χ4v) is 3.16. The maximum Gasteiger partial charge on any atom is 0.303 e. The Hall–Kier alpha value is -2.17. The van der Waals surface area contributed by atoms with E-state index in [1.165, 1.54) is 38.5 Å². The van der Waals surface area contributed by atoms with Gasteiger partial charge in [0.05, 0.1) is 0 Å². The first-order valence-electron chi connectivity index (χ1n) is 10.6. The van der Waals surface area contributed by atoms with Crippen LogP contribution in [0.5, 0.6) is 0 Å². The van der Waals surface area contributed by atoms with Gasteiger partial charge in [-0.3, -0.25) is 14.4 Å². The first-order valence-corrected chi connectivity index (χ1v) is 10.6. The van der Waals surface area contributed by atoms with Crippen LogP contribution in [0.25, 0.3) is 0 Å². The number of carboxylic acid groups (broad SMARTS) is 1. The molecule has 5 heteroatoms. The largest absolute Gasteiger partial charge is 0.481 e. The van der Waals surface area contributed by atoms with Crippen LogP contribution in [-0.2, 0) is 16.1 Å². The zero-order chi connectivity index (χ0) is 20.5. The van der Waals surface area contributed by atoms with Gasteiger partial charge in [0.15, 0.2) is 0 Å². The van der Waals surface area contributed by atoms with Crippen LogP contribution in [-0.4, -0.2) is 23.3 Å². The molecule has 0 aliphatic carbocycles. The topological polar surface area (TPSA) is 83.5 Å². The Bertz CT molecular complexity index is 568. The maximum absolute atomic E-state index is 11.9. The lowest BCUT2D eigenvalue weighted by Crippen LogP contribution is -2.22. The highest BCUT2D eigenvalue weighted by molar-refractivity contribution is 5.76. The van der Waals surface area contributed by atoms with E-state index in [0.717, 1.165) is 44.0 Å². The molecule has 0 aliphatic heterocycles. The van der Waals surface area contributed by atoms with Gasteiger partial charge in [0.1, 0.15) is 6.29 Å². The van der Waals surface area contributed by atoms with E-state index >= 15 is 0 Å². The molecule has 0 unspecified atom stereocenters. The van der Waals surface area contributed by atoms with E-state index in [2.05, 4.69) is 5.32 Å². The number of aliphatic carboxylic acids is 1. The molecule has 0 fully saturated rings. The Balaban J connectivity index is 1.86. The molecule has 0 spiro atoms. The average molecular weight is 390 g/mol. The van der Waals surface area contributed by atoms with Gasteiger partial charge in [-0.05, 0) is 18.4 Å². The van der Waals surface area contributed by atoms with E-state index in [0.29, 0.717) is 24.9 Å². The highest BCUT2D eigenvalue weighted by Gasteiger charge is 2.02. The van der Waals surface area contributed by atoms with Gasteiger partial charge in [0.2, 0.25) is 5.91 Å². The molecule has 0 atom stereocenters. The number of carbonyl (C=O) groups excluding carboxylic acids is 2. The molecular formula is C23H35NO4. The number of nitrogens with one attached hydrogen (secondary N) is 1. The Kier molecular flexibility index (Phi) is 13.5. The van der Waals surface area contributed by atoms with E-state index in [4.69, 9.17) is 5.11 Å². The van der Waals surface area contributed by atoms with Crippen molar-refractivity contribution in [3.8, 4) is 0 Å². The molecule has 28 heavy (non-hydrogen) atoms. The Morgan fingerprint density at radius 2 is 1.21 bits per heavy atom. The van der Waals surface area contributed by atoms with Crippen molar-refractivity contribution >= 4 is 18.2 Å². The molecule has 0 radical (unpaired) electrons. The van der Waals surface area contributed by atoms with Gasteiger partial charge in [-0.1, -0.05) is 82.1 Å². The van der Waals surface area contributed by atoms with Crippen molar-refractivity contribution in [2.45, 2.75) is 90.0 Å². The third-order valence-corrected chi connectivity index (χ3v) is 4.90. The predicted molar refractivity (Wildman–Crippen MR) is 111 cm³/mol. The highest BCUT2D eigenvalue weighted by Crippen LogP contribution is 2.12. The summed E-state index contributed by atoms with van der Waals surface area (Å²) in [5.41, 5.74) is 1.65. The van der Waals surface area contributed by atoms with Crippen LogP contribution in [0.3, 0.4) is 0 Å². The van der Waals surface area contributed by atoms with Crippen molar-refractivity contribution < 1.29 is 19.5 Å². The highest BCUT2D eigenvalue weighted by atomic mass is 16.4. The van der Waals surface area contributed by atoms with Crippen molar-refractivity contribution in [3.05, 3.63) is 35.4 Å². The standard InChI is InChI=1S/C23H35NO4/c25-19-21-16-14-20(15-17-21)18-24-22(26)12-10-8-6-4-2-1-3-5-7-9-11-13-23(27)28/h14-17,19H,1-13,18H2,(H,24,26)(H,27,28). The quantitative estimate of drug-likeness (QED) is 0.281. The maximum atomic E-state index is 11.9. The number of unbranched alkanes of at least 4 members (excludes halogenated alkanes) is 10. The van der Waals surface area contributed by atoms with Crippen LogP contribution in [0.2, 0.25) is 0 Å². The molecule has 0 aromatic heterocycles. The molecule has 0 saturated heterocycles. The fourth-order valence-electron chi connectivity index (χ4n) is 3.16. The summed E-state index contributed by atoms with van der Waals surface area (Å²) in [4.78, 5) is 32.9. The molecular weight excluding hydrogens is 354 g/mol. The first kappa shape index (κ1) is 23.9. The van der Waals surface area contributed by atoms with Gasteiger partial charge < -0.3 is 10.4 Å². The molecule has 0 heterocycles. The summed E-state index contributed by atoms with van der Waals surface area (Å²) < 4.78 is 0. The van der Waals surface area contributed by atoms with E-state index in [9.17, 15) is 14.4 Å². The van der Waals surface area contributed by atoms with Crippen LogP contribution < -0.4 is 5.32 Å². The van der Waals surface area contributed by atoms with Crippen molar-refractivity contribution in [1.82, 2.24) is 5.32 Å². The van der Waals surface area contributed by atoms with Crippen LogP contribution in [0.4, 0.5) is 0 Å². The van der Waals surface area contributed by atoms with E-state index in [-0.39, 0.29) is 5.91 Å². The Morgan fingerprint density at radius 3 is 1.68 bits per heavy atom. The van der Waals surface area contributed by atoms with Crippen molar-refractivity contribution in [2.75, 3.05) is 0 Å². The summed E-state index contributed by atoms with van der Waals surface area (Å²) in [7, 11) is 0. The summed E-state index contributed by atoms with van der Waals surface area (Å²) in [5.74, 6) is -0.606. The number of amides is 1. The molecule has 5 nitrogen and oxygen atoms in total. The number of hydrogen-bond donors (Lipinski definition) is 2. The van der Waals surface area contributed by atoms with Crippen molar-refractivity contribution in [2.24, 2.45) is 0 Å². The number of aldehydes is 1. The SMILES string of the molecule is O=Cc1ccc(CNC(=O)CCCCCCCCCCCCCC(=O)O)cc1. The van der Waals surface area contributed by atoms with Crippen molar-refractivity contribution in [1.29, 1.82) is 0 Å².